The van der Waals surface area contributed by atoms with Gasteiger partial charge in [-0.25, -0.2) is 0 Å². The van der Waals surface area contributed by atoms with E-state index in [9.17, 15) is 4.79 Å². The lowest BCUT2D eigenvalue weighted by molar-refractivity contribution is -0.121. The number of rotatable bonds is 5. The number of hydrogen-bond donors (Lipinski definition) is 1. The Morgan fingerprint density at radius 3 is 2.90 bits per heavy atom. The first-order valence-electron chi connectivity index (χ1n) is 9.75. The summed E-state index contributed by atoms with van der Waals surface area (Å²) in [6.45, 7) is 4.14. The molecule has 0 radical (unpaired) electrons. The fourth-order valence-corrected chi connectivity index (χ4v) is 3.74. The molecule has 2 aromatic carbocycles. The van der Waals surface area contributed by atoms with Gasteiger partial charge in [-0.05, 0) is 50.6 Å². The lowest BCUT2D eigenvalue weighted by Crippen LogP contribution is -2.40. The van der Waals surface area contributed by atoms with Gasteiger partial charge in [-0.1, -0.05) is 46.6 Å². The van der Waals surface area contributed by atoms with E-state index in [0.717, 1.165) is 30.6 Å². The Kier molecular flexibility index (Phi) is 5.92. The van der Waals surface area contributed by atoms with Gasteiger partial charge in [0.1, 0.15) is 0 Å². The standard InChI is InChI=1S/C22H23ClN4O2/c1-15-7-9-19(10-8-15)24-22(28)17-5-3-11-27(13-17)14-20-25-21(26-29-20)16-4-2-6-18(23)12-16/h2,4,6-10,12,17H,3,5,11,13-14H2,1H3,(H,24,28). The van der Waals surface area contributed by atoms with E-state index in [1.165, 1.54) is 5.56 Å². The molecule has 150 valence electrons. The van der Waals surface area contributed by atoms with Gasteiger partial charge in [0.05, 0.1) is 12.5 Å². The molecule has 1 amide bonds. The third-order valence-corrected chi connectivity index (χ3v) is 5.34. The summed E-state index contributed by atoms with van der Waals surface area (Å²) in [6, 6.07) is 15.2. The van der Waals surface area contributed by atoms with Crippen LogP contribution in [0.3, 0.4) is 0 Å². The van der Waals surface area contributed by atoms with Gasteiger partial charge in [0.25, 0.3) is 0 Å². The molecule has 1 aliphatic heterocycles. The summed E-state index contributed by atoms with van der Waals surface area (Å²) in [6.07, 6.45) is 1.84. The fourth-order valence-electron chi connectivity index (χ4n) is 3.55. The van der Waals surface area contributed by atoms with Crippen molar-refractivity contribution < 1.29 is 9.32 Å². The second-order valence-electron chi connectivity index (χ2n) is 7.45. The number of anilines is 1. The van der Waals surface area contributed by atoms with E-state index in [2.05, 4.69) is 20.4 Å². The monoisotopic (exact) mass is 410 g/mol. The number of carbonyl (C=O) groups is 1. The molecule has 0 spiro atoms. The van der Waals surface area contributed by atoms with Crippen molar-refractivity contribution in [2.24, 2.45) is 5.92 Å². The zero-order valence-corrected chi connectivity index (χ0v) is 17.0. The van der Waals surface area contributed by atoms with Crippen LogP contribution in [0.15, 0.2) is 53.1 Å². The van der Waals surface area contributed by atoms with Gasteiger partial charge in [0, 0.05) is 22.8 Å². The lowest BCUT2D eigenvalue weighted by atomic mass is 9.97. The highest BCUT2D eigenvalue weighted by atomic mass is 35.5. The van der Waals surface area contributed by atoms with Gasteiger partial charge in [-0.15, -0.1) is 0 Å². The van der Waals surface area contributed by atoms with Crippen LogP contribution in [-0.2, 0) is 11.3 Å². The van der Waals surface area contributed by atoms with E-state index in [4.69, 9.17) is 16.1 Å². The van der Waals surface area contributed by atoms with Gasteiger partial charge in [0.2, 0.25) is 17.6 Å². The van der Waals surface area contributed by atoms with E-state index in [0.29, 0.717) is 29.8 Å². The maximum atomic E-state index is 12.7. The lowest BCUT2D eigenvalue weighted by Gasteiger charge is -2.30. The number of aryl methyl sites for hydroxylation is 1. The molecule has 0 bridgehead atoms. The molecule has 2 heterocycles. The van der Waals surface area contributed by atoms with Gasteiger partial charge < -0.3 is 9.84 Å². The summed E-state index contributed by atoms with van der Waals surface area (Å²) < 4.78 is 5.42. The SMILES string of the molecule is Cc1ccc(NC(=O)C2CCCN(Cc3nc(-c4cccc(Cl)c4)no3)C2)cc1. The molecular formula is C22H23ClN4O2. The molecule has 0 saturated carbocycles. The van der Waals surface area contributed by atoms with Crippen LogP contribution in [0, 0.1) is 12.8 Å². The first-order chi connectivity index (χ1) is 14.1. The zero-order valence-electron chi connectivity index (χ0n) is 16.3. The number of halogens is 1. The molecule has 6 nitrogen and oxygen atoms in total. The van der Waals surface area contributed by atoms with E-state index in [1.54, 1.807) is 0 Å². The van der Waals surface area contributed by atoms with Crippen molar-refractivity contribution in [1.29, 1.82) is 0 Å². The highest BCUT2D eigenvalue weighted by Gasteiger charge is 2.27. The minimum Gasteiger partial charge on any atom is -0.338 e. The Balaban J connectivity index is 1.36. The number of amides is 1. The van der Waals surface area contributed by atoms with Crippen LogP contribution in [0.5, 0.6) is 0 Å². The highest BCUT2D eigenvalue weighted by molar-refractivity contribution is 6.30. The van der Waals surface area contributed by atoms with E-state index in [-0.39, 0.29) is 11.8 Å². The van der Waals surface area contributed by atoms with Gasteiger partial charge in [-0.3, -0.25) is 9.69 Å². The van der Waals surface area contributed by atoms with E-state index in [1.807, 2.05) is 55.5 Å². The molecule has 1 N–H and O–H groups in total. The van der Waals surface area contributed by atoms with Gasteiger partial charge in [-0.2, -0.15) is 4.98 Å². The number of benzene rings is 2. The van der Waals surface area contributed by atoms with Crippen molar-refractivity contribution in [3.05, 3.63) is 65.0 Å². The molecule has 1 aliphatic rings. The number of piperidine rings is 1. The maximum Gasteiger partial charge on any atom is 0.241 e. The Labute approximate surface area is 174 Å². The molecule has 4 rings (SSSR count). The second kappa shape index (κ2) is 8.76. The largest absolute Gasteiger partial charge is 0.338 e. The maximum absolute atomic E-state index is 12.7. The average Bonchev–Trinajstić information content (AvgIpc) is 3.18. The normalized spacial score (nSPS) is 17.2. The van der Waals surface area contributed by atoms with E-state index < -0.39 is 0 Å². The number of aromatic nitrogens is 2. The molecule has 1 saturated heterocycles. The van der Waals surface area contributed by atoms with Crippen LogP contribution in [0.25, 0.3) is 11.4 Å². The number of carbonyl (C=O) groups excluding carboxylic acids is 1. The van der Waals surface area contributed by atoms with Crippen LogP contribution in [0.2, 0.25) is 5.02 Å². The predicted octanol–water partition coefficient (Wildman–Crippen LogP) is 4.55. The minimum atomic E-state index is -0.0552. The molecule has 1 unspecified atom stereocenters. The van der Waals surface area contributed by atoms with Crippen LogP contribution >= 0.6 is 11.6 Å². The van der Waals surface area contributed by atoms with Crippen molar-refractivity contribution >= 4 is 23.2 Å². The number of nitrogens with zero attached hydrogens (tertiary/aromatic N) is 3. The Hall–Kier alpha value is -2.70. The summed E-state index contributed by atoms with van der Waals surface area (Å²) in [5.74, 6) is 1.07. The first-order valence-corrected chi connectivity index (χ1v) is 10.1. The smallest absolute Gasteiger partial charge is 0.241 e. The third kappa shape index (κ3) is 5.02. The number of nitrogens with one attached hydrogen (secondary N) is 1. The molecule has 1 fully saturated rings. The third-order valence-electron chi connectivity index (χ3n) is 5.11. The molecular weight excluding hydrogens is 388 g/mol. The molecule has 0 aliphatic carbocycles. The minimum absolute atomic E-state index is 0.0552. The van der Waals surface area contributed by atoms with Crippen molar-refractivity contribution in [2.75, 3.05) is 18.4 Å². The Morgan fingerprint density at radius 2 is 2.10 bits per heavy atom. The van der Waals surface area contributed by atoms with E-state index >= 15 is 0 Å². The summed E-state index contributed by atoms with van der Waals surface area (Å²) in [7, 11) is 0. The van der Waals surface area contributed by atoms with Crippen molar-refractivity contribution in [3.8, 4) is 11.4 Å². The molecule has 7 heteroatoms. The second-order valence-corrected chi connectivity index (χ2v) is 7.89. The van der Waals surface area contributed by atoms with Crippen LogP contribution < -0.4 is 5.32 Å². The Bertz CT molecular complexity index is 986. The summed E-state index contributed by atoms with van der Waals surface area (Å²) in [4.78, 5) is 19.3. The molecule has 29 heavy (non-hydrogen) atoms. The predicted molar refractivity (Wildman–Crippen MR) is 113 cm³/mol. The fraction of sp³-hybridized carbons (Fsp3) is 0.318. The Morgan fingerprint density at radius 1 is 1.28 bits per heavy atom. The molecule has 3 aromatic rings. The van der Waals surface area contributed by atoms with Crippen LogP contribution in [0.4, 0.5) is 5.69 Å². The van der Waals surface area contributed by atoms with Crippen molar-refractivity contribution in [2.45, 2.75) is 26.3 Å². The summed E-state index contributed by atoms with van der Waals surface area (Å²) in [5.41, 5.74) is 2.82. The summed E-state index contributed by atoms with van der Waals surface area (Å²) >= 11 is 6.04. The first kappa shape index (κ1) is 19.6. The van der Waals surface area contributed by atoms with Gasteiger partial charge in [0.15, 0.2) is 0 Å². The number of hydrogen-bond acceptors (Lipinski definition) is 5. The molecule has 1 aromatic heterocycles. The molecule has 1 atom stereocenters. The van der Waals surface area contributed by atoms with Crippen LogP contribution in [0.1, 0.15) is 24.3 Å². The number of likely N-dealkylation sites (tertiary alicyclic amines) is 1. The average molecular weight is 411 g/mol. The zero-order chi connectivity index (χ0) is 20.2. The quantitative estimate of drug-likeness (QED) is 0.668. The van der Waals surface area contributed by atoms with Crippen molar-refractivity contribution in [3.63, 3.8) is 0 Å². The van der Waals surface area contributed by atoms with Gasteiger partial charge >= 0.3 is 0 Å². The summed E-state index contributed by atoms with van der Waals surface area (Å²) in [5, 5.41) is 7.72. The van der Waals surface area contributed by atoms with Crippen LogP contribution in [-0.4, -0.2) is 34.0 Å². The highest BCUT2D eigenvalue weighted by Crippen LogP contribution is 2.23. The van der Waals surface area contributed by atoms with Crippen molar-refractivity contribution in [1.82, 2.24) is 15.0 Å². The topological polar surface area (TPSA) is 71.3 Å².